The molecule has 0 saturated carbocycles. The second-order valence-corrected chi connectivity index (χ2v) is 3.23. The largest absolute Gasteiger partial charge is 0.462 e. The van der Waals surface area contributed by atoms with Crippen molar-refractivity contribution in [3.05, 3.63) is 29.8 Å². The fourth-order valence-electron chi connectivity index (χ4n) is 1.05. The minimum Gasteiger partial charge on any atom is -0.462 e. The van der Waals surface area contributed by atoms with Crippen molar-refractivity contribution in [3.8, 4) is 0 Å². The number of esters is 1. The molecule has 0 spiro atoms. The Morgan fingerprint density at radius 2 is 2.07 bits per heavy atom. The number of benzene rings is 1. The van der Waals surface area contributed by atoms with Crippen LogP contribution in [0.2, 0.25) is 0 Å². The lowest BCUT2D eigenvalue weighted by Crippen LogP contribution is -2.18. The third-order valence-corrected chi connectivity index (χ3v) is 1.77. The van der Waals surface area contributed by atoms with Gasteiger partial charge in [-0.1, -0.05) is 0 Å². The number of carbonyl (C=O) groups is 1. The molecule has 0 aliphatic rings. The zero-order valence-corrected chi connectivity index (χ0v) is 9.14. The standard InChI is InChI=1S/C10H12N2O2S/c1-2-14-9(13)7-3-5-8(6-4-7)12-10(11)15/h3-6H,2H2,1H3,(H3,11,12,15). The minimum absolute atomic E-state index is 0.193. The molecule has 0 aliphatic carbocycles. The van der Waals surface area contributed by atoms with E-state index >= 15 is 0 Å². The molecule has 1 aromatic rings. The van der Waals surface area contributed by atoms with Crippen molar-refractivity contribution in [1.82, 2.24) is 0 Å². The number of nitrogens with one attached hydrogen (secondary N) is 1. The second kappa shape index (κ2) is 5.31. The molecule has 0 aromatic heterocycles. The summed E-state index contributed by atoms with van der Waals surface area (Å²) in [7, 11) is 0. The smallest absolute Gasteiger partial charge is 0.338 e. The maximum Gasteiger partial charge on any atom is 0.338 e. The predicted octanol–water partition coefficient (Wildman–Crippen LogP) is 1.52. The number of carbonyl (C=O) groups excluding carboxylic acids is 1. The summed E-state index contributed by atoms with van der Waals surface area (Å²) in [5.74, 6) is -0.334. The van der Waals surface area contributed by atoms with Gasteiger partial charge in [-0.3, -0.25) is 0 Å². The average molecular weight is 224 g/mol. The first-order valence-corrected chi connectivity index (χ1v) is 4.88. The molecule has 0 bridgehead atoms. The molecule has 0 atom stereocenters. The molecule has 80 valence electrons. The van der Waals surface area contributed by atoms with Crippen molar-refractivity contribution in [2.75, 3.05) is 11.9 Å². The molecule has 0 amide bonds. The lowest BCUT2D eigenvalue weighted by molar-refractivity contribution is 0.0526. The lowest BCUT2D eigenvalue weighted by atomic mass is 10.2. The summed E-state index contributed by atoms with van der Waals surface area (Å²) >= 11 is 4.68. The van der Waals surface area contributed by atoms with Crippen LogP contribution in [0.1, 0.15) is 17.3 Å². The molecule has 1 rings (SSSR count). The summed E-state index contributed by atoms with van der Waals surface area (Å²) in [6.07, 6.45) is 0. The fourth-order valence-corrected chi connectivity index (χ4v) is 1.16. The number of ether oxygens (including phenoxy) is 1. The molecule has 0 saturated heterocycles. The maximum absolute atomic E-state index is 11.3. The van der Waals surface area contributed by atoms with Crippen LogP contribution in [0.5, 0.6) is 0 Å². The molecule has 0 heterocycles. The van der Waals surface area contributed by atoms with Gasteiger partial charge in [0, 0.05) is 5.69 Å². The van der Waals surface area contributed by atoms with Crippen molar-refractivity contribution in [1.29, 1.82) is 0 Å². The monoisotopic (exact) mass is 224 g/mol. The van der Waals surface area contributed by atoms with Crippen LogP contribution in [0.15, 0.2) is 24.3 Å². The van der Waals surface area contributed by atoms with E-state index in [-0.39, 0.29) is 11.1 Å². The van der Waals surface area contributed by atoms with E-state index < -0.39 is 0 Å². The average Bonchev–Trinajstić information content (AvgIpc) is 2.18. The van der Waals surface area contributed by atoms with E-state index in [0.29, 0.717) is 12.2 Å². The van der Waals surface area contributed by atoms with Crippen molar-refractivity contribution in [2.45, 2.75) is 6.92 Å². The van der Waals surface area contributed by atoms with Crippen LogP contribution in [0.3, 0.4) is 0 Å². The number of hydrogen-bond acceptors (Lipinski definition) is 3. The van der Waals surface area contributed by atoms with Crippen LogP contribution in [-0.2, 0) is 4.74 Å². The SMILES string of the molecule is CCOC(=O)c1ccc(NC(N)=S)cc1. The zero-order chi connectivity index (χ0) is 11.3. The highest BCUT2D eigenvalue weighted by Gasteiger charge is 2.05. The van der Waals surface area contributed by atoms with E-state index in [1.54, 1.807) is 31.2 Å². The summed E-state index contributed by atoms with van der Waals surface area (Å²) < 4.78 is 4.84. The van der Waals surface area contributed by atoms with Gasteiger partial charge in [-0.25, -0.2) is 4.79 Å². The molecule has 0 unspecified atom stereocenters. The van der Waals surface area contributed by atoms with Crippen LogP contribution in [0.25, 0.3) is 0 Å². The van der Waals surface area contributed by atoms with Gasteiger partial charge in [0.25, 0.3) is 0 Å². The minimum atomic E-state index is -0.334. The highest BCUT2D eigenvalue weighted by atomic mass is 32.1. The highest BCUT2D eigenvalue weighted by molar-refractivity contribution is 7.80. The first-order valence-electron chi connectivity index (χ1n) is 4.47. The Morgan fingerprint density at radius 3 is 2.53 bits per heavy atom. The van der Waals surface area contributed by atoms with Crippen LogP contribution < -0.4 is 11.1 Å². The highest BCUT2D eigenvalue weighted by Crippen LogP contribution is 2.10. The number of hydrogen-bond donors (Lipinski definition) is 2. The normalized spacial score (nSPS) is 9.40. The van der Waals surface area contributed by atoms with Crippen LogP contribution >= 0.6 is 12.2 Å². The summed E-state index contributed by atoms with van der Waals surface area (Å²) in [6, 6.07) is 6.73. The van der Waals surface area contributed by atoms with Gasteiger partial charge in [0.2, 0.25) is 0 Å². The molecule has 5 heteroatoms. The lowest BCUT2D eigenvalue weighted by Gasteiger charge is -2.05. The van der Waals surface area contributed by atoms with Gasteiger partial charge in [0.1, 0.15) is 0 Å². The van der Waals surface area contributed by atoms with Crippen LogP contribution in [0, 0.1) is 0 Å². The summed E-state index contributed by atoms with van der Waals surface area (Å²) in [5, 5.41) is 2.95. The Morgan fingerprint density at radius 1 is 1.47 bits per heavy atom. The molecular formula is C10H12N2O2S. The summed E-state index contributed by atoms with van der Waals surface area (Å²) in [4.78, 5) is 11.3. The number of anilines is 1. The quantitative estimate of drug-likeness (QED) is 0.602. The maximum atomic E-state index is 11.3. The van der Waals surface area contributed by atoms with E-state index in [1.165, 1.54) is 0 Å². The molecule has 15 heavy (non-hydrogen) atoms. The third-order valence-electron chi connectivity index (χ3n) is 1.66. The molecule has 1 aromatic carbocycles. The number of rotatable bonds is 3. The summed E-state index contributed by atoms with van der Waals surface area (Å²) in [5.41, 5.74) is 6.55. The van der Waals surface area contributed by atoms with Gasteiger partial charge in [-0.05, 0) is 43.4 Å². The molecular weight excluding hydrogens is 212 g/mol. The van der Waals surface area contributed by atoms with E-state index in [2.05, 4.69) is 17.5 Å². The third kappa shape index (κ3) is 3.55. The van der Waals surface area contributed by atoms with E-state index in [4.69, 9.17) is 10.5 Å². The molecule has 3 N–H and O–H groups in total. The Balaban J connectivity index is 2.71. The van der Waals surface area contributed by atoms with Gasteiger partial charge in [-0.15, -0.1) is 0 Å². The predicted molar refractivity (Wildman–Crippen MR) is 62.8 cm³/mol. The molecule has 0 radical (unpaired) electrons. The number of thiocarbonyl (C=S) groups is 1. The van der Waals surface area contributed by atoms with Gasteiger partial charge < -0.3 is 15.8 Å². The van der Waals surface area contributed by atoms with Gasteiger partial charge in [0.05, 0.1) is 12.2 Å². The molecule has 4 nitrogen and oxygen atoms in total. The number of nitrogens with two attached hydrogens (primary N) is 1. The Kier molecular flexibility index (Phi) is 4.05. The Bertz CT molecular complexity index is 362. The second-order valence-electron chi connectivity index (χ2n) is 2.79. The van der Waals surface area contributed by atoms with Gasteiger partial charge in [0.15, 0.2) is 5.11 Å². The van der Waals surface area contributed by atoms with E-state index in [1.807, 2.05) is 0 Å². The topological polar surface area (TPSA) is 64.3 Å². The van der Waals surface area contributed by atoms with Crippen molar-refractivity contribution < 1.29 is 9.53 Å². The van der Waals surface area contributed by atoms with E-state index in [9.17, 15) is 4.79 Å². The first-order chi connectivity index (χ1) is 7.13. The van der Waals surface area contributed by atoms with Gasteiger partial charge >= 0.3 is 5.97 Å². The Hall–Kier alpha value is -1.62. The van der Waals surface area contributed by atoms with Crippen LogP contribution in [-0.4, -0.2) is 17.7 Å². The molecule has 0 aliphatic heterocycles. The van der Waals surface area contributed by atoms with Crippen molar-refractivity contribution >= 4 is 29.0 Å². The van der Waals surface area contributed by atoms with Crippen molar-refractivity contribution in [2.24, 2.45) is 5.73 Å². The Labute approximate surface area is 93.4 Å². The van der Waals surface area contributed by atoms with E-state index in [0.717, 1.165) is 5.69 Å². The summed E-state index contributed by atoms with van der Waals surface area (Å²) in [6.45, 7) is 2.13. The van der Waals surface area contributed by atoms with Crippen LogP contribution in [0.4, 0.5) is 5.69 Å². The van der Waals surface area contributed by atoms with Gasteiger partial charge in [-0.2, -0.15) is 0 Å². The molecule has 0 fully saturated rings. The fraction of sp³-hybridized carbons (Fsp3) is 0.200. The zero-order valence-electron chi connectivity index (χ0n) is 8.32. The first kappa shape index (κ1) is 11.5. The van der Waals surface area contributed by atoms with Crippen molar-refractivity contribution in [3.63, 3.8) is 0 Å².